The maximum Gasteiger partial charge on any atom is 0.218 e. The molecule has 5 heteroatoms. The first kappa shape index (κ1) is 13.4. The van der Waals surface area contributed by atoms with E-state index >= 15 is 0 Å². The number of nitrogens with two attached hydrogens (primary N) is 1. The van der Waals surface area contributed by atoms with Crippen LogP contribution in [0.1, 0.15) is 38.9 Å². The first-order valence-electron chi connectivity index (χ1n) is 5.65. The standard InChI is InChI=1S/C12H20N4O/c1-8(2)5-6-17-11-7-10(16-13)14-12(15-11)9(3)4/h7,9H,1,5-6,13H2,2-4H3,(H,14,15,16). The maximum absolute atomic E-state index is 5.54. The van der Waals surface area contributed by atoms with Gasteiger partial charge in [0.05, 0.1) is 6.61 Å². The number of nitrogens with one attached hydrogen (secondary N) is 1. The van der Waals surface area contributed by atoms with Crippen molar-refractivity contribution in [1.82, 2.24) is 9.97 Å². The molecule has 94 valence electrons. The lowest BCUT2D eigenvalue weighted by atomic mass is 10.2. The first-order valence-corrected chi connectivity index (χ1v) is 5.65. The molecular formula is C12H20N4O. The van der Waals surface area contributed by atoms with Crippen molar-refractivity contribution in [3.63, 3.8) is 0 Å². The van der Waals surface area contributed by atoms with Crippen LogP contribution in [-0.2, 0) is 0 Å². The molecule has 0 aromatic carbocycles. The second-order valence-electron chi connectivity index (χ2n) is 4.30. The summed E-state index contributed by atoms with van der Waals surface area (Å²) in [4.78, 5) is 8.57. The molecule has 0 unspecified atom stereocenters. The third-order valence-corrected chi connectivity index (χ3v) is 2.16. The van der Waals surface area contributed by atoms with Crippen molar-refractivity contribution in [1.29, 1.82) is 0 Å². The number of rotatable bonds is 6. The molecule has 0 aliphatic rings. The summed E-state index contributed by atoms with van der Waals surface area (Å²) in [5, 5.41) is 0. The van der Waals surface area contributed by atoms with Crippen molar-refractivity contribution in [2.24, 2.45) is 5.84 Å². The zero-order valence-electron chi connectivity index (χ0n) is 10.7. The van der Waals surface area contributed by atoms with E-state index in [0.29, 0.717) is 24.1 Å². The molecule has 0 saturated carbocycles. The SMILES string of the molecule is C=C(C)CCOc1cc(NN)nc(C(C)C)n1. The molecule has 0 radical (unpaired) electrons. The van der Waals surface area contributed by atoms with Crippen LogP contribution in [-0.4, -0.2) is 16.6 Å². The Morgan fingerprint density at radius 3 is 2.76 bits per heavy atom. The Balaban J connectivity index is 2.76. The summed E-state index contributed by atoms with van der Waals surface area (Å²) in [6.45, 7) is 10.4. The van der Waals surface area contributed by atoms with Crippen LogP contribution in [0.25, 0.3) is 0 Å². The Bertz CT molecular complexity index is 390. The number of nitrogen functional groups attached to an aromatic ring is 1. The van der Waals surface area contributed by atoms with Gasteiger partial charge in [0.2, 0.25) is 5.88 Å². The largest absolute Gasteiger partial charge is 0.477 e. The Hall–Kier alpha value is -1.62. The van der Waals surface area contributed by atoms with E-state index in [9.17, 15) is 0 Å². The van der Waals surface area contributed by atoms with Crippen LogP contribution < -0.4 is 16.0 Å². The smallest absolute Gasteiger partial charge is 0.218 e. The average molecular weight is 236 g/mol. The molecule has 0 fully saturated rings. The van der Waals surface area contributed by atoms with Gasteiger partial charge in [-0.05, 0) is 6.92 Å². The lowest BCUT2D eigenvalue weighted by molar-refractivity contribution is 0.307. The summed E-state index contributed by atoms with van der Waals surface area (Å²) in [5.41, 5.74) is 3.60. The molecule has 1 aromatic heterocycles. The molecule has 5 nitrogen and oxygen atoms in total. The molecule has 0 amide bonds. The molecule has 1 rings (SSSR count). The quantitative estimate of drug-likeness (QED) is 0.450. The molecule has 0 aliphatic heterocycles. The van der Waals surface area contributed by atoms with Gasteiger partial charge in [-0.2, -0.15) is 4.98 Å². The number of hydrogen-bond acceptors (Lipinski definition) is 5. The van der Waals surface area contributed by atoms with Gasteiger partial charge >= 0.3 is 0 Å². The van der Waals surface area contributed by atoms with Gasteiger partial charge in [0.25, 0.3) is 0 Å². The van der Waals surface area contributed by atoms with Gasteiger partial charge in [0, 0.05) is 18.4 Å². The van der Waals surface area contributed by atoms with E-state index in [1.807, 2.05) is 20.8 Å². The number of hydrazine groups is 1. The molecule has 3 N–H and O–H groups in total. The topological polar surface area (TPSA) is 73.1 Å². The molecule has 0 aliphatic carbocycles. The summed E-state index contributed by atoms with van der Waals surface area (Å²) in [6, 6.07) is 1.68. The number of aromatic nitrogens is 2. The predicted molar refractivity (Wildman–Crippen MR) is 68.9 cm³/mol. The van der Waals surface area contributed by atoms with Gasteiger partial charge in [-0.3, -0.25) is 0 Å². The number of ether oxygens (including phenoxy) is 1. The van der Waals surface area contributed by atoms with Crippen LogP contribution in [0.15, 0.2) is 18.2 Å². The second-order valence-corrected chi connectivity index (χ2v) is 4.30. The highest BCUT2D eigenvalue weighted by molar-refractivity contribution is 5.37. The monoisotopic (exact) mass is 236 g/mol. The summed E-state index contributed by atoms with van der Waals surface area (Å²) in [5.74, 6) is 7.40. The summed E-state index contributed by atoms with van der Waals surface area (Å²) < 4.78 is 5.54. The van der Waals surface area contributed by atoms with Crippen LogP contribution in [0, 0.1) is 0 Å². The third-order valence-electron chi connectivity index (χ3n) is 2.16. The van der Waals surface area contributed by atoms with Gasteiger partial charge in [0.15, 0.2) is 0 Å². The van der Waals surface area contributed by atoms with Crippen molar-refractivity contribution in [2.75, 3.05) is 12.0 Å². The molecule has 1 aromatic rings. The van der Waals surface area contributed by atoms with Crippen LogP contribution in [0.5, 0.6) is 5.88 Å². The number of hydrogen-bond donors (Lipinski definition) is 2. The number of nitrogens with zero attached hydrogens (tertiary/aromatic N) is 2. The van der Waals surface area contributed by atoms with E-state index in [2.05, 4.69) is 22.0 Å². The van der Waals surface area contributed by atoms with Gasteiger partial charge in [-0.1, -0.05) is 19.4 Å². The molecule has 17 heavy (non-hydrogen) atoms. The minimum absolute atomic E-state index is 0.229. The fourth-order valence-corrected chi connectivity index (χ4v) is 1.18. The lowest BCUT2D eigenvalue weighted by Crippen LogP contribution is -2.12. The van der Waals surface area contributed by atoms with Crippen molar-refractivity contribution < 1.29 is 4.74 Å². The van der Waals surface area contributed by atoms with Crippen LogP contribution >= 0.6 is 0 Å². The van der Waals surface area contributed by atoms with E-state index in [0.717, 1.165) is 12.0 Å². The Kier molecular flexibility index (Phi) is 4.90. The molecule has 0 bridgehead atoms. The lowest BCUT2D eigenvalue weighted by Gasteiger charge is -2.10. The van der Waals surface area contributed by atoms with Gasteiger partial charge in [0.1, 0.15) is 11.6 Å². The molecule has 0 atom stereocenters. The zero-order chi connectivity index (χ0) is 12.8. The normalized spacial score (nSPS) is 10.4. The maximum atomic E-state index is 5.54. The van der Waals surface area contributed by atoms with E-state index in [4.69, 9.17) is 10.6 Å². The molecule has 0 spiro atoms. The predicted octanol–water partition coefficient (Wildman–Crippen LogP) is 2.23. The van der Waals surface area contributed by atoms with Crippen molar-refractivity contribution >= 4 is 5.82 Å². The molecule has 1 heterocycles. The van der Waals surface area contributed by atoms with Crippen molar-refractivity contribution in [3.05, 3.63) is 24.0 Å². The van der Waals surface area contributed by atoms with Gasteiger partial charge in [-0.25, -0.2) is 10.8 Å². The highest BCUT2D eigenvalue weighted by atomic mass is 16.5. The highest BCUT2D eigenvalue weighted by Gasteiger charge is 2.08. The fraction of sp³-hybridized carbons (Fsp3) is 0.500. The molecular weight excluding hydrogens is 216 g/mol. The van der Waals surface area contributed by atoms with Crippen molar-refractivity contribution in [3.8, 4) is 5.88 Å². The van der Waals surface area contributed by atoms with Gasteiger partial charge in [-0.15, -0.1) is 6.58 Å². The Labute approximate surface area is 102 Å². The van der Waals surface area contributed by atoms with E-state index in [1.54, 1.807) is 6.07 Å². The summed E-state index contributed by atoms with van der Waals surface area (Å²) >= 11 is 0. The van der Waals surface area contributed by atoms with Crippen LogP contribution in [0.3, 0.4) is 0 Å². The van der Waals surface area contributed by atoms with E-state index < -0.39 is 0 Å². The minimum Gasteiger partial charge on any atom is -0.477 e. The minimum atomic E-state index is 0.229. The average Bonchev–Trinajstić information content (AvgIpc) is 2.28. The van der Waals surface area contributed by atoms with E-state index in [-0.39, 0.29) is 5.92 Å². The number of anilines is 1. The van der Waals surface area contributed by atoms with Crippen molar-refractivity contribution in [2.45, 2.75) is 33.1 Å². The third kappa shape index (κ3) is 4.40. The second kappa shape index (κ2) is 6.20. The van der Waals surface area contributed by atoms with E-state index in [1.165, 1.54) is 0 Å². The summed E-state index contributed by atoms with van der Waals surface area (Å²) in [6.07, 6.45) is 0.812. The Morgan fingerprint density at radius 2 is 2.24 bits per heavy atom. The summed E-state index contributed by atoms with van der Waals surface area (Å²) in [7, 11) is 0. The Morgan fingerprint density at radius 1 is 1.53 bits per heavy atom. The van der Waals surface area contributed by atoms with Crippen LogP contribution in [0.4, 0.5) is 5.82 Å². The highest BCUT2D eigenvalue weighted by Crippen LogP contribution is 2.18. The zero-order valence-corrected chi connectivity index (χ0v) is 10.7. The van der Waals surface area contributed by atoms with Gasteiger partial charge < -0.3 is 10.2 Å². The van der Waals surface area contributed by atoms with Crippen LogP contribution in [0.2, 0.25) is 0 Å². The molecule has 0 saturated heterocycles. The fourth-order valence-electron chi connectivity index (χ4n) is 1.18. The first-order chi connectivity index (χ1) is 8.02.